The van der Waals surface area contributed by atoms with Gasteiger partial charge in [0, 0.05) is 48.2 Å². The molecule has 2 amide bonds. The fourth-order valence-electron chi connectivity index (χ4n) is 4.40. The molecule has 0 bridgehead atoms. The molecule has 1 saturated heterocycles. The van der Waals surface area contributed by atoms with E-state index < -0.39 is 11.7 Å². The van der Waals surface area contributed by atoms with E-state index in [1.807, 2.05) is 52.5 Å². The van der Waals surface area contributed by atoms with Crippen molar-refractivity contribution < 1.29 is 23.2 Å². The number of halogens is 1. The fraction of sp³-hybridized carbons (Fsp3) is 0.414. The molecule has 3 aromatic rings. The third kappa shape index (κ3) is 6.77. The lowest BCUT2D eigenvalue weighted by Crippen LogP contribution is -2.45. The van der Waals surface area contributed by atoms with E-state index in [9.17, 15) is 14.0 Å². The summed E-state index contributed by atoms with van der Waals surface area (Å²) in [7, 11) is 0. The maximum absolute atomic E-state index is 14.5. The largest absolute Gasteiger partial charge is 0.372 e. The molecule has 2 unspecified atom stereocenters. The van der Waals surface area contributed by atoms with Gasteiger partial charge in [0.1, 0.15) is 11.5 Å². The van der Waals surface area contributed by atoms with Gasteiger partial charge in [0.15, 0.2) is 0 Å². The predicted octanol–water partition coefficient (Wildman–Crippen LogP) is 5.43. The molecular weight excluding hydrogens is 487 g/mol. The molecule has 1 aromatic heterocycles. The predicted molar refractivity (Wildman–Crippen MR) is 145 cm³/mol. The van der Waals surface area contributed by atoms with Crippen LogP contribution in [0.2, 0.25) is 0 Å². The van der Waals surface area contributed by atoms with Crippen LogP contribution in [0.1, 0.15) is 61.1 Å². The number of morpholine rings is 1. The molecule has 38 heavy (non-hydrogen) atoms. The van der Waals surface area contributed by atoms with E-state index in [-0.39, 0.29) is 34.9 Å². The topological polar surface area (TPSA) is 96.7 Å². The molecule has 0 aliphatic carbocycles. The summed E-state index contributed by atoms with van der Waals surface area (Å²) >= 11 is 0. The Labute approximate surface area is 222 Å². The summed E-state index contributed by atoms with van der Waals surface area (Å²) in [5.41, 5.74) is 3.37. The molecule has 1 aliphatic heterocycles. The van der Waals surface area contributed by atoms with Crippen LogP contribution in [0.3, 0.4) is 0 Å². The molecule has 202 valence electrons. The number of nitrogens with zero attached hydrogens (tertiary/aromatic N) is 2. The number of carbonyl (C=O) groups is 2. The maximum Gasteiger partial charge on any atom is 0.289 e. The molecule has 1 fully saturated rings. The van der Waals surface area contributed by atoms with Crippen molar-refractivity contribution in [3.63, 3.8) is 0 Å². The molecular formula is C29H35FN4O4. The standard InChI is InChI=1S/C29H35FN4O4/c1-17-7-8-22(12-24(17)25-13-26(38-33-25)28(36)31-16-29(4,5)6)32-27(35)20-9-21(30)11-23(10-20)34-14-18(2)37-19(3)15-34/h7-13,18-19H,14-16H2,1-6H3,(H,31,36)(H,32,35). The Morgan fingerprint density at radius 1 is 1.05 bits per heavy atom. The highest BCUT2D eigenvalue weighted by Gasteiger charge is 2.24. The second kappa shape index (κ2) is 10.9. The van der Waals surface area contributed by atoms with Gasteiger partial charge in [0.2, 0.25) is 5.76 Å². The number of hydrogen-bond donors (Lipinski definition) is 2. The quantitative estimate of drug-likeness (QED) is 0.448. The van der Waals surface area contributed by atoms with E-state index in [2.05, 4.69) is 15.8 Å². The lowest BCUT2D eigenvalue weighted by atomic mass is 9.97. The smallest absolute Gasteiger partial charge is 0.289 e. The van der Waals surface area contributed by atoms with Crippen molar-refractivity contribution >= 4 is 23.2 Å². The van der Waals surface area contributed by atoms with Crippen LogP contribution in [-0.2, 0) is 4.74 Å². The average Bonchev–Trinajstić information content (AvgIpc) is 3.32. The third-order valence-corrected chi connectivity index (χ3v) is 6.21. The first-order valence-electron chi connectivity index (χ1n) is 12.8. The van der Waals surface area contributed by atoms with E-state index in [4.69, 9.17) is 9.26 Å². The van der Waals surface area contributed by atoms with Crippen LogP contribution < -0.4 is 15.5 Å². The monoisotopic (exact) mass is 522 g/mol. The molecule has 2 atom stereocenters. The average molecular weight is 523 g/mol. The number of nitrogens with one attached hydrogen (secondary N) is 2. The summed E-state index contributed by atoms with van der Waals surface area (Å²) in [5, 5.41) is 9.76. The van der Waals surface area contributed by atoms with E-state index in [1.54, 1.807) is 24.3 Å². The van der Waals surface area contributed by atoms with Gasteiger partial charge in [-0.25, -0.2) is 4.39 Å². The first-order chi connectivity index (χ1) is 17.9. The number of anilines is 2. The zero-order valence-electron chi connectivity index (χ0n) is 22.7. The molecule has 2 aromatic carbocycles. The summed E-state index contributed by atoms with van der Waals surface area (Å²) in [5.74, 6) is -1.15. The van der Waals surface area contributed by atoms with Crippen LogP contribution in [0, 0.1) is 18.2 Å². The van der Waals surface area contributed by atoms with Gasteiger partial charge in [-0.2, -0.15) is 0 Å². The van der Waals surface area contributed by atoms with Gasteiger partial charge in [0.05, 0.1) is 12.2 Å². The lowest BCUT2D eigenvalue weighted by Gasteiger charge is -2.37. The first-order valence-corrected chi connectivity index (χ1v) is 12.8. The van der Waals surface area contributed by atoms with Gasteiger partial charge < -0.3 is 24.8 Å². The molecule has 2 heterocycles. The Morgan fingerprint density at radius 2 is 1.76 bits per heavy atom. The highest BCUT2D eigenvalue weighted by atomic mass is 19.1. The number of aromatic nitrogens is 1. The van der Waals surface area contributed by atoms with Crippen molar-refractivity contribution in [2.24, 2.45) is 5.41 Å². The summed E-state index contributed by atoms with van der Waals surface area (Å²) < 4.78 is 25.6. The van der Waals surface area contributed by atoms with Crippen LogP contribution in [0.5, 0.6) is 0 Å². The number of aryl methyl sites for hydroxylation is 1. The van der Waals surface area contributed by atoms with Crippen molar-refractivity contribution in [1.29, 1.82) is 0 Å². The Morgan fingerprint density at radius 3 is 2.45 bits per heavy atom. The van der Waals surface area contributed by atoms with Gasteiger partial charge in [-0.1, -0.05) is 32.0 Å². The number of rotatable bonds is 6. The molecule has 9 heteroatoms. The van der Waals surface area contributed by atoms with Crippen molar-refractivity contribution in [2.75, 3.05) is 29.9 Å². The Kier molecular flexibility index (Phi) is 7.87. The van der Waals surface area contributed by atoms with Gasteiger partial charge in [-0.15, -0.1) is 0 Å². The molecule has 0 spiro atoms. The molecule has 0 saturated carbocycles. The van der Waals surface area contributed by atoms with Crippen LogP contribution in [0.4, 0.5) is 15.8 Å². The van der Waals surface area contributed by atoms with Crippen molar-refractivity contribution in [2.45, 2.75) is 53.8 Å². The minimum Gasteiger partial charge on any atom is -0.372 e. The number of amides is 2. The fourth-order valence-corrected chi connectivity index (χ4v) is 4.40. The molecule has 0 radical (unpaired) electrons. The molecule has 4 rings (SSSR count). The van der Waals surface area contributed by atoms with Gasteiger partial charge in [0.25, 0.3) is 11.8 Å². The number of carbonyl (C=O) groups excluding carboxylic acids is 2. The van der Waals surface area contributed by atoms with Gasteiger partial charge >= 0.3 is 0 Å². The van der Waals surface area contributed by atoms with Crippen molar-refractivity contribution in [3.05, 3.63) is 65.2 Å². The van der Waals surface area contributed by atoms with E-state index in [1.165, 1.54) is 12.1 Å². The van der Waals surface area contributed by atoms with Crippen LogP contribution in [0.15, 0.2) is 47.0 Å². The second-order valence-corrected chi connectivity index (χ2v) is 11.2. The van der Waals surface area contributed by atoms with Crippen LogP contribution in [-0.4, -0.2) is 48.8 Å². The molecule has 8 nitrogen and oxygen atoms in total. The van der Waals surface area contributed by atoms with E-state index in [0.29, 0.717) is 42.3 Å². The minimum atomic E-state index is -0.482. The maximum atomic E-state index is 14.5. The Balaban J connectivity index is 1.51. The van der Waals surface area contributed by atoms with Crippen molar-refractivity contribution in [3.8, 4) is 11.3 Å². The summed E-state index contributed by atoms with van der Waals surface area (Å²) in [4.78, 5) is 27.6. The zero-order valence-corrected chi connectivity index (χ0v) is 22.7. The highest BCUT2D eigenvalue weighted by molar-refractivity contribution is 6.05. The third-order valence-electron chi connectivity index (χ3n) is 6.21. The van der Waals surface area contributed by atoms with Crippen LogP contribution >= 0.6 is 0 Å². The van der Waals surface area contributed by atoms with Gasteiger partial charge in [-0.05, 0) is 62.1 Å². The number of benzene rings is 2. The van der Waals surface area contributed by atoms with Crippen molar-refractivity contribution in [1.82, 2.24) is 10.5 Å². The summed E-state index contributed by atoms with van der Waals surface area (Å²) in [6, 6.07) is 11.3. The Bertz CT molecular complexity index is 1320. The van der Waals surface area contributed by atoms with E-state index >= 15 is 0 Å². The van der Waals surface area contributed by atoms with Crippen LogP contribution in [0.25, 0.3) is 11.3 Å². The van der Waals surface area contributed by atoms with E-state index in [0.717, 1.165) is 5.56 Å². The highest BCUT2D eigenvalue weighted by Crippen LogP contribution is 2.28. The number of ether oxygens (including phenoxy) is 1. The summed E-state index contributed by atoms with van der Waals surface area (Å²) in [6.45, 7) is 13.6. The number of hydrogen-bond acceptors (Lipinski definition) is 6. The normalized spacial score (nSPS) is 17.8. The molecule has 2 N–H and O–H groups in total. The Hall–Kier alpha value is -3.72. The minimum absolute atomic E-state index is 0.00637. The van der Waals surface area contributed by atoms with Gasteiger partial charge in [-0.3, -0.25) is 9.59 Å². The zero-order chi connectivity index (χ0) is 27.6. The first kappa shape index (κ1) is 27.3. The SMILES string of the molecule is Cc1ccc(NC(=O)c2cc(F)cc(N3CC(C)OC(C)C3)c2)cc1-c1cc(C(=O)NCC(C)(C)C)on1. The molecule has 1 aliphatic rings. The second-order valence-electron chi connectivity index (χ2n) is 11.2. The summed E-state index contributed by atoms with van der Waals surface area (Å²) in [6.07, 6.45) is 0.0127. The lowest BCUT2D eigenvalue weighted by molar-refractivity contribution is -0.00523.